The number of carbonyl (C=O) groups is 3. The Balaban J connectivity index is 1.76. The minimum Gasteiger partial charge on any atom is -0.445 e. The number of likely N-dealkylation sites (tertiary alicyclic amines) is 1. The number of nitrogens with zero attached hydrogens (tertiary/aromatic N) is 1. The summed E-state index contributed by atoms with van der Waals surface area (Å²) in [6, 6.07) is 6.78. The number of imide groups is 1. The van der Waals surface area contributed by atoms with Gasteiger partial charge < -0.3 is 10.1 Å². The lowest BCUT2D eigenvalue weighted by molar-refractivity contribution is -0.139. The highest BCUT2D eigenvalue weighted by molar-refractivity contribution is 8.12. The van der Waals surface area contributed by atoms with Crippen LogP contribution in [0.3, 0.4) is 0 Å². The quantitative estimate of drug-likeness (QED) is 0.588. The molecule has 11 heteroatoms. The molecule has 124 valence electrons. The Morgan fingerprint density at radius 1 is 1.30 bits per heavy atom. The van der Waals surface area contributed by atoms with Gasteiger partial charge in [0.2, 0.25) is 0 Å². The Kier molecular flexibility index (Phi) is 5.06. The fraction of sp³-hybridized carbons (Fsp3) is 0.250. The highest BCUT2D eigenvalue weighted by Crippen LogP contribution is 2.11. The zero-order chi connectivity index (χ0) is 17.0. The van der Waals surface area contributed by atoms with Crippen LogP contribution in [-0.4, -0.2) is 43.9 Å². The number of urea groups is 1. The molecule has 1 aromatic carbocycles. The first-order chi connectivity index (χ1) is 10.8. The minimum absolute atomic E-state index is 0.0300. The van der Waals surface area contributed by atoms with Crippen LogP contribution in [0.4, 0.5) is 9.59 Å². The molecule has 2 rings (SSSR count). The SMILES string of the molecule is O=C(N[C@H]1CN(C(=O)NS(=O)(=O)Cl)C1=O)OCc1ccccc1. The fourth-order valence-corrected chi connectivity index (χ4v) is 2.30. The minimum atomic E-state index is -4.28. The predicted octanol–water partition coefficient (Wildman–Crippen LogP) is 0.317. The van der Waals surface area contributed by atoms with Crippen LogP contribution in [-0.2, 0) is 25.4 Å². The third-order valence-corrected chi connectivity index (χ3v) is 3.54. The van der Waals surface area contributed by atoms with Gasteiger partial charge in [0, 0.05) is 10.7 Å². The Bertz CT molecular complexity index is 724. The zero-order valence-electron chi connectivity index (χ0n) is 11.6. The molecule has 4 amide bonds. The maximum Gasteiger partial charge on any atom is 0.408 e. The van der Waals surface area contributed by atoms with Gasteiger partial charge in [-0.1, -0.05) is 30.3 Å². The van der Waals surface area contributed by atoms with E-state index in [1.807, 2.05) is 6.07 Å². The van der Waals surface area contributed by atoms with E-state index in [4.69, 9.17) is 15.4 Å². The summed E-state index contributed by atoms with van der Waals surface area (Å²) < 4.78 is 27.7. The summed E-state index contributed by atoms with van der Waals surface area (Å²) >= 11 is 0. The highest BCUT2D eigenvalue weighted by Gasteiger charge is 2.42. The number of carbonyl (C=O) groups excluding carboxylic acids is 3. The Hall–Kier alpha value is -2.33. The van der Waals surface area contributed by atoms with E-state index >= 15 is 0 Å². The molecular weight excluding hydrogens is 350 g/mol. The van der Waals surface area contributed by atoms with E-state index in [2.05, 4.69) is 5.32 Å². The first kappa shape index (κ1) is 17.0. The number of β-lactam (4-membered cyclic amide) rings is 1. The number of ether oxygens (including phenoxy) is 1. The van der Waals surface area contributed by atoms with Crippen LogP contribution in [0.25, 0.3) is 0 Å². The van der Waals surface area contributed by atoms with Gasteiger partial charge in [0.15, 0.2) is 0 Å². The number of nitrogens with one attached hydrogen (secondary N) is 2. The van der Waals surface area contributed by atoms with E-state index in [0.717, 1.165) is 5.56 Å². The number of halogens is 1. The standard InChI is InChI=1S/C12H12ClN3O6S/c13-23(20,21)15-11(18)16-6-9(10(16)17)14-12(19)22-7-8-4-2-1-3-5-8/h1-5,9H,6-7H2,(H,14,19)(H,15,18)/t9-/m0/s1. The van der Waals surface area contributed by atoms with Crippen molar-refractivity contribution in [3.8, 4) is 0 Å². The molecule has 0 bridgehead atoms. The van der Waals surface area contributed by atoms with Crippen molar-refractivity contribution in [2.45, 2.75) is 12.6 Å². The van der Waals surface area contributed by atoms with Gasteiger partial charge in [0.05, 0.1) is 6.54 Å². The van der Waals surface area contributed by atoms with E-state index in [0.29, 0.717) is 4.90 Å². The molecule has 0 aliphatic carbocycles. The molecule has 1 fully saturated rings. The van der Waals surface area contributed by atoms with E-state index < -0.39 is 33.3 Å². The zero-order valence-corrected chi connectivity index (χ0v) is 13.1. The molecule has 0 unspecified atom stereocenters. The molecular formula is C12H12ClN3O6S. The first-order valence-electron chi connectivity index (χ1n) is 6.31. The van der Waals surface area contributed by atoms with Crippen molar-refractivity contribution < 1.29 is 27.5 Å². The molecule has 23 heavy (non-hydrogen) atoms. The van der Waals surface area contributed by atoms with Gasteiger partial charge in [0.1, 0.15) is 12.6 Å². The van der Waals surface area contributed by atoms with Crippen LogP contribution in [0, 0.1) is 0 Å². The van der Waals surface area contributed by atoms with Gasteiger partial charge in [0.25, 0.3) is 5.91 Å². The topological polar surface area (TPSA) is 122 Å². The largest absolute Gasteiger partial charge is 0.445 e. The maximum atomic E-state index is 11.7. The molecule has 1 heterocycles. The molecule has 0 saturated carbocycles. The summed E-state index contributed by atoms with van der Waals surface area (Å²) in [7, 11) is 0.553. The van der Waals surface area contributed by atoms with Crippen molar-refractivity contribution in [2.24, 2.45) is 0 Å². The van der Waals surface area contributed by atoms with Crippen LogP contribution >= 0.6 is 10.7 Å². The molecule has 1 saturated heterocycles. The second kappa shape index (κ2) is 6.84. The van der Waals surface area contributed by atoms with Crippen molar-refractivity contribution in [3.63, 3.8) is 0 Å². The fourth-order valence-electron chi connectivity index (χ4n) is 1.78. The van der Waals surface area contributed by atoms with Crippen LogP contribution in [0.2, 0.25) is 0 Å². The van der Waals surface area contributed by atoms with Gasteiger partial charge in [-0.25, -0.2) is 14.3 Å². The summed E-state index contributed by atoms with van der Waals surface area (Å²) in [5.74, 6) is -0.764. The summed E-state index contributed by atoms with van der Waals surface area (Å²) in [6.07, 6.45) is -0.822. The molecule has 0 spiro atoms. The average molecular weight is 362 g/mol. The van der Waals surface area contributed by atoms with E-state index in [1.165, 1.54) is 4.72 Å². The lowest BCUT2D eigenvalue weighted by Gasteiger charge is -2.35. The van der Waals surface area contributed by atoms with Gasteiger partial charge >= 0.3 is 21.4 Å². The molecule has 2 N–H and O–H groups in total. The second-order valence-electron chi connectivity index (χ2n) is 4.55. The molecule has 9 nitrogen and oxygen atoms in total. The second-order valence-corrected chi connectivity index (χ2v) is 6.85. The third-order valence-electron chi connectivity index (χ3n) is 2.89. The van der Waals surface area contributed by atoms with Crippen LogP contribution in [0.15, 0.2) is 30.3 Å². The monoisotopic (exact) mass is 361 g/mol. The van der Waals surface area contributed by atoms with Crippen LogP contribution < -0.4 is 10.0 Å². The van der Waals surface area contributed by atoms with Crippen molar-refractivity contribution in [1.29, 1.82) is 0 Å². The molecule has 1 aromatic rings. The van der Waals surface area contributed by atoms with Crippen molar-refractivity contribution in [3.05, 3.63) is 35.9 Å². The molecule has 1 atom stereocenters. The van der Waals surface area contributed by atoms with Gasteiger partial charge in [-0.15, -0.1) is 0 Å². The number of rotatable bonds is 4. The van der Waals surface area contributed by atoms with E-state index in [1.54, 1.807) is 24.3 Å². The molecule has 0 radical (unpaired) electrons. The van der Waals surface area contributed by atoms with Crippen LogP contribution in [0.1, 0.15) is 5.56 Å². The first-order valence-corrected chi connectivity index (χ1v) is 8.62. The van der Waals surface area contributed by atoms with E-state index in [-0.39, 0.29) is 13.2 Å². The van der Waals surface area contributed by atoms with Crippen molar-refractivity contribution >= 4 is 38.0 Å². The molecule has 1 aliphatic rings. The Labute approximate surface area is 136 Å². The summed E-state index contributed by atoms with van der Waals surface area (Å²) in [4.78, 5) is 35.2. The van der Waals surface area contributed by atoms with E-state index in [9.17, 15) is 22.8 Å². The highest BCUT2D eigenvalue weighted by atomic mass is 35.7. The van der Waals surface area contributed by atoms with Crippen molar-refractivity contribution in [2.75, 3.05) is 6.54 Å². The number of benzene rings is 1. The molecule has 0 aromatic heterocycles. The number of amides is 4. The normalized spacial score (nSPS) is 17.2. The van der Waals surface area contributed by atoms with Gasteiger partial charge in [-0.2, -0.15) is 8.42 Å². The predicted molar refractivity (Wildman–Crippen MR) is 78.6 cm³/mol. The van der Waals surface area contributed by atoms with Gasteiger partial charge in [-0.05, 0) is 5.56 Å². The Morgan fingerprint density at radius 2 is 1.96 bits per heavy atom. The van der Waals surface area contributed by atoms with Crippen molar-refractivity contribution in [1.82, 2.24) is 14.9 Å². The third kappa shape index (κ3) is 4.83. The smallest absolute Gasteiger partial charge is 0.408 e. The lowest BCUT2D eigenvalue weighted by atomic mass is 10.1. The van der Waals surface area contributed by atoms with Crippen LogP contribution in [0.5, 0.6) is 0 Å². The number of hydrogen-bond donors (Lipinski definition) is 2. The number of alkyl carbamates (subject to hydrolysis) is 1. The summed E-state index contributed by atoms with van der Waals surface area (Å²) in [5, 5.41) is 2.27. The average Bonchev–Trinajstić information content (AvgIpc) is 2.47. The molecule has 1 aliphatic heterocycles. The summed E-state index contributed by atoms with van der Waals surface area (Å²) in [6.45, 7) is -0.153. The number of hydrogen-bond acceptors (Lipinski definition) is 6. The summed E-state index contributed by atoms with van der Waals surface area (Å²) in [5.41, 5.74) is 0.774. The lowest BCUT2D eigenvalue weighted by Crippen LogP contribution is -2.67. The Morgan fingerprint density at radius 3 is 2.52 bits per heavy atom. The van der Waals surface area contributed by atoms with Gasteiger partial charge in [-0.3, -0.25) is 9.69 Å². The maximum absolute atomic E-state index is 11.7.